The molecular formula is C13H19NO3S. The van der Waals surface area contributed by atoms with Gasteiger partial charge in [-0.05, 0) is 25.7 Å². The number of Topliss-reactive ketones (excluding diaryl/α,β-unsaturated/α-hetero) is 1. The molecule has 0 radical (unpaired) electrons. The van der Waals surface area contributed by atoms with Crippen LogP contribution in [0.25, 0.3) is 0 Å². The second-order valence-electron chi connectivity index (χ2n) is 5.19. The molecule has 1 amide bonds. The average molecular weight is 269 g/mol. The molecule has 2 fully saturated rings. The van der Waals surface area contributed by atoms with Gasteiger partial charge in [0.2, 0.25) is 10.9 Å². The first kappa shape index (κ1) is 13.6. The molecule has 1 saturated heterocycles. The summed E-state index contributed by atoms with van der Waals surface area (Å²) in [7, 11) is 0. The Kier molecular flexibility index (Phi) is 4.43. The van der Waals surface area contributed by atoms with Crippen LogP contribution in [0.3, 0.4) is 0 Å². The quantitative estimate of drug-likeness (QED) is 0.625. The van der Waals surface area contributed by atoms with E-state index in [4.69, 9.17) is 0 Å². The predicted molar refractivity (Wildman–Crippen MR) is 70.3 cm³/mol. The normalized spacial score (nSPS) is 25.2. The number of carbonyl (C=O) groups excluding carboxylic acids is 3. The first-order chi connectivity index (χ1) is 8.61. The van der Waals surface area contributed by atoms with E-state index >= 15 is 0 Å². The SMILES string of the molecule is O=C(C(=O)N1CCC[C@H]1C(=O)S)C1CCCCC1. The Morgan fingerprint density at radius 2 is 1.61 bits per heavy atom. The summed E-state index contributed by atoms with van der Waals surface area (Å²) in [6, 6.07) is -0.492. The maximum atomic E-state index is 12.1. The zero-order valence-electron chi connectivity index (χ0n) is 10.4. The lowest BCUT2D eigenvalue weighted by atomic mass is 9.86. The smallest absolute Gasteiger partial charge is 0.290 e. The molecule has 0 spiro atoms. The highest BCUT2D eigenvalue weighted by molar-refractivity contribution is 7.96. The first-order valence-electron chi connectivity index (χ1n) is 6.69. The van der Waals surface area contributed by atoms with Gasteiger partial charge >= 0.3 is 0 Å². The van der Waals surface area contributed by atoms with Crippen LogP contribution in [-0.2, 0) is 14.4 Å². The largest absolute Gasteiger partial charge is 0.325 e. The Morgan fingerprint density at radius 1 is 0.944 bits per heavy atom. The number of nitrogens with zero attached hydrogens (tertiary/aromatic N) is 1. The summed E-state index contributed by atoms with van der Waals surface area (Å²) in [5.74, 6) is -0.884. The molecule has 1 saturated carbocycles. The number of rotatable bonds is 3. The summed E-state index contributed by atoms with van der Waals surface area (Å²) in [5, 5.41) is -0.308. The van der Waals surface area contributed by atoms with Crippen LogP contribution in [0.4, 0.5) is 0 Å². The topological polar surface area (TPSA) is 54.5 Å². The van der Waals surface area contributed by atoms with Crippen molar-refractivity contribution in [3.05, 3.63) is 0 Å². The van der Waals surface area contributed by atoms with Crippen molar-refractivity contribution in [1.82, 2.24) is 4.90 Å². The van der Waals surface area contributed by atoms with Gasteiger partial charge in [0.05, 0.1) is 0 Å². The summed E-state index contributed by atoms with van der Waals surface area (Å²) in [4.78, 5) is 37.0. The summed E-state index contributed by atoms with van der Waals surface area (Å²) < 4.78 is 0. The lowest BCUT2D eigenvalue weighted by Crippen LogP contribution is -2.44. The highest BCUT2D eigenvalue weighted by Crippen LogP contribution is 2.27. The van der Waals surface area contributed by atoms with Crippen molar-refractivity contribution in [2.75, 3.05) is 6.54 Å². The molecule has 0 bridgehead atoms. The fraction of sp³-hybridized carbons (Fsp3) is 0.769. The maximum Gasteiger partial charge on any atom is 0.290 e. The molecule has 18 heavy (non-hydrogen) atoms. The van der Waals surface area contributed by atoms with E-state index in [9.17, 15) is 14.4 Å². The monoisotopic (exact) mass is 269 g/mol. The van der Waals surface area contributed by atoms with Crippen molar-refractivity contribution in [1.29, 1.82) is 0 Å². The molecule has 1 aliphatic carbocycles. The standard InChI is InChI=1S/C13H19NO3S/c15-11(9-5-2-1-3-6-9)12(16)14-8-4-7-10(14)13(17)18/h9-10H,1-8H2,(H,17,18)/t10-/m0/s1. The van der Waals surface area contributed by atoms with Crippen LogP contribution in [0, 0.1) is 5.92 Å². The molecule has 0 unspecified atom stereocenters. The van der Waals surface area contributed by atoms with Gasteiger partial charge in [-0.15, -0.1) is 12.6 Å². The zero-order valence-corrected chi connectivity index (χ0v) is 11.3. The van der Waals surface area contributed by atoms with Crippen LogP contribution in [0.1, 0.15) is 44.9 Å². The van der Waals surface area contributed by atoms with Gasteiger partial charge in [-0.2, -0.15) is 0 Å². The van der Waals surface area contributed by atoms with Gasteiger partial charge in [0, 0.05) is 12.5 Å². The predicted octanol–water partition coefficient (Wildman–Crippen LogP) is 1.58. The molecule has 0 aromatic carbocycles. The summed E-state index contributed by atoms with van der Waals surface area (Å²) in [6.07, 6.45) is 6.25. The van der Waals surface area contributed by atoms with Gasteiger partial charge in [-0.3, -0.25) is 14.4 Å². The Balaban J connectivity index is 2.01. The highest BCUT2D eigenvalue weighted by atomic mass is 32.1. The van der Waals surface area contributed by atoms with Gasteiger partial charge in [0.15, 0.2) is 0 Å². The third-order valence-corrected chi connectivity index (χ3v) is 4.28. The first-order valence-corrected chi connectivity index (χ1v) is 7.13. The summed E-state index contributed by atoms with van der Waals surface area (Å²) in [6.45, 7) is 0.508. The van der Waals surface area contributed by atoms with Gasteiger partial charge in [-0.25, -0.2) is 0 Å². The average Bonchev–Trinajstić information content (AvgIpc) is 2.87. The maximum absolute atomic E-state index is 12.1. The molecule has 0 aromatic rings. The molecular weight excluding hydrogens is 250 g/mol. The van der Waals surface area contributed by atoms with Crippen molar-refractivity contribution < 1.29 is 14.4 Å². The van der Waals surface area contributed by atoms with E-state index in [0.29, 0.717) is 13.0 Å². The molecule has 100 valence electrons. The fourth-order valence-corrected chi connectivity index (χ4v) is 3.22. The Labute approximate surface area is 113 Å². The van der Waals surface area contributed by atoms with E-state index < -0.39 is 11.9 Å². The van der Waals surface area contributed by atoms with E-state index in [1.54, 1.807) is 0 Å². The van der Waals surface area contributed by atoms with Crippen molar-refractivity contribution in [2.45, 2.75) is 51.0 Å². The third kappa shape index (κ3) is 2.76. The molecule has 2 aliphatic rings. The number of likely N-dealkylation sites (tertiary alicyclic amines) is 1. The third-order valence-electron chi connectivity index (χ3n) is 3.99. The molecule has 5 heteroatoms. The summed E-state index contributed by atoms with van der Waals surface area (Å²) >= 11 is 3.80. The van der Waals surface area contributed by atoms with E-state index in [1.807, 2.05) is 0 Å². The highest BCUT2D eigenvalue weighted by Gasteiger charge is 2.37. The molecule has 1 aliphatic heterocycles. The summed E-state index contributed by atoms with van der Waals surface area (Å²) in [5.41, 5.74) is 0. The van der Waals surface area contributed by atoms with E-state index in [-0.39, 0.29) is 16.8 Å². The number of amides is 1. The Hall–Kier alpha value is -0.840. The number of ketones is 1. The Bertz CT molecular complexity index is 363. The second-order valence-corrected chi connectivity index (χ2v) is 5.63. The van der Waals surface area contributed by atoms with Crippen molar-refractivity contribution in [3.63, 3.8) is 0 Å². The minimum absolute atomic E-state index is 0.123. The van der Waals surface area contributed by atoms with Crippen LogP contribution in [-0.4, -0.2) is 34.3 Å². The number of hydrogen-bond acceptors (Lipinski definition) is 3. The number of carbonyl (C=O) groups is 3. The minimum Gasteiger partial charge on any atom is -0.325 e. The van der Waals surface area contributed by atoms with Crippen LogP contribution >= 0.6 is 12.6 Å². The van der Waals surface area contributed by atoms with Gasteiger partial charge < -0.3 is 4.90 Å². The van der Waals surface area contributed by atoms with Crippen LogP contribution in [0.15, 0.2) is 0 Å². The van der Waals surface area contributed by atoms with Crippen LogP contribution in [0.5, 0.6) is 0 Å². The molecule has 1 heterocycles. The molecule has 2 rings (SSSR count). The number of hydrogen-bond donors (Lipinski definition) is 1. The molecule has 0 aromatic heterocycles. The van der Waals surface area contributed by atoms with Crippen molar-refractivity contribution in [2.24, 2.45) is 5.92 Å². The number of thiol groups is 1. The fourth-order valence-electron chi connectivity index (χ4n) is 2.95. The van der Waals surface area contributed by atoms with Gasteiger partial charge in [0.25, 0.3) is 5.91 Å². The van der Waals surface area contributed by atoms with E-state index in [2.05, 4.69) is 12.6 Å². The second kappa shape index (κ2) is 5.87. The van der Waals surface area contributed by atoms with Gasteiger partial charge in [0.1, 0.15) is 6.04 Å². The van der Waals surface area contributed by atoms with E-state index in [1.165, 1.54) is 4.90 Å². The van der Waals surface area contributed by atoms with E-state index in [0.717, 1.165) is 38.5 Å². The van der Waals surface area contributed by atoms with Crippen LogP contribution < -0.4 is 0 Å². The van der Waals surface area contributed by atoms with Crippen molar-refractivity contribution in [3.8, 4) is 0 Å². The molecule has 4 nitrogen and oxygen atoms in total. The van der Waals surface area contributed by atoms with Gasteiger partial charge in [-0.1, -0.05) is 19.3 Å². The lowest BCUT2D eigenvalue weighted by Gasteiger charge is -2.25. The molecule has 1 atom stereocenters. The zero-order chi connectivity index (χ0) is 13.1. The van der Waals surface area contributed by atoms with Crippen LogP contribution in [0.2, 0.25) is 0 Å². The Morgan fingerprint density at radius 3 is 2.22 bits per heavy atom. The minimum atomic E-state index is -0.492. The van der Waals surface area contributed by atoms with Crippen molar-refractivity contribution >= 4 is 29.4 Å². The molecule has 0 N–H and O–H groups in total. The lowest BCUT2D eigenvalue weighted by molar-refractivity contribution is -0.148.